The van der Waals surface area contributed by atoms with E-state index in [-0.39, 0.29) is 18.9 Å². The number of carbonyl (C=O) groups excluding carboxylic acids is 2. The van der Waals surface area contributed by atoms with E-state index >= 15 is 0 Å². The molecule has 0 aromatic heterocycles. The van der Waals surface area contributed by atoms with Crippen molar-refractivity contribution in [3.63, 3.8) is 0 Å². The summed E-state index contributed by atoms with van der Waals surface area (Å²) < 4.78 is 5.00. The number of rotatable bonds is 8. The summed E-state index contributed by atoms with van der Waals surface area (Å²) in [7, 11) is 0. The van der Waals surface area contributed by atoms with Gasteiger partial charge in [0.15, 0.2) is 6.61 Å². The summed E-state index contributed by atoms with van der Waals surface area (Å²) in [6.45, 7) is -0.360. The maximum atomic E-state index is 13.3. The van der Waals surface area contributed by atoms with Crippen molar-refractivity contribution in [2.24, 2.45) is 0 Å². The largest absolute Gasteiger partial charge is 0.449 e. The van der Waals surface area contributed by atoms with Crippen LogP contribution in [0, 0.1) is 11.3 Å². The van der Waals surface area contributed by atoms with E-state index in [1.165, 1.54) is 0 Å². The van der Waals surface area contributed by atoms with Gasteiger partial charge in [0.2, 0.25) is 5.91 Å². The third-order valence-electron chi connectivity index (χ3n) is 4.69. The second-order valence-electron chi connectivity index (χ2n) is 6.77. The number of benzene rings is 3. The second kappa shape index (κ2) is 10.6. The van der Waals surface area contributed by atoms with Crippen molar-refractivity contribution in [2.75, 3.05) is 6.61 Å². The molecule has 3 rings (SSSR count). The van der Waals surface area contributed by atoms with Gasteiger partial charge in [0, 0.05) is 6.42 Å². The summed E-state index contributed by atoms with van der Waals surface area (Å²) in [6, 6.07) is 29.1. The highest BCUT2D eigenvalue weighted by Crippen LogP contribution is 2.25. The van der Waals surface area contributed by atoms with E-state index in [2.05, 4.69) is 5.32 Å². The van der Waals surface area contributed by atoms with Gasteiger partial charge in [0.25, 0.3) is 0 Å². The van der Waals surface area contributed by atoms with Crippen molar-refractivity contribution in [1.29, 1.82) is 5.26 Å². The van der Waals surface area contributed by atoms with Crippen LogP contribution in [0.15, 0.2) is 91.0 Å². The smallest absolute Gasteiger partial charge is 0.330 e. The van der Waals surface area contributed by atoms with Crippen molar-refractivity contribution in [1.82, 2.24) is 5.32 Å². The zero-order valence-corrected chi connectivity index (χ0v) is 16.4. The first-order valence-corrected chi connectivity index (χ1v) is 9.67. The van der Waals surface area contributed by atoms with Crippen molar-refractivity contribution < 1.29 is 14.3 Å². The van der Waals surface area contributed by atoms with Crippen LogP contribution in [0.4, 0.5) is 0 Å². The van der Waals surface area contributed by atoms with Crippen LogP contribution in [0.2, 0.25) is 0 Å². The van der Waals surface area contributed by atoms with E-state index in [4.69, 9.17) is 10.00 Å². The van der Waals surface area contributed by atoms with Crippen LogP contribution in [0.25, 0.3) is 0 Å². The van der Waals surface area contributed by atoms with E-state index in [0.717, 1.165) is 16.7 Å². The Morgan fingerprint density at radius 2 is 1.33 bits per heavy atom. The zero-order valence-electron chi connectivity index (χ0n) is 16.4. The SMILES string of the molecule is N#CCOC(=O)[C@H](Cc1ccccc1)NC(=O)C(c1ccccc1)c1ccccc1. The molecule has 0 radical (unpaired) electrons. The molecule has 0 spiro atoms. The first-order valence-electron chi connectivity index (χ1n) is 9.67. The van der Waals surface area contributed by atoms with Gasteiger partial charge in [-0.2, -0.15) is 5.26 Å². The Bertz CT molecular complexity index is 959. The predicted molar refractivity (Wildman–Crippen MR) is 113 cm³/mol. The van der Waals surface area contributed by atoms with Gasteiger partial charge in [-0.15, -0.1) is 0 Å². The molecule has 5 nitrogen and oxygen atoms in total. The molecule has 1 atom stereocenters. The second-order valence-corrected chi connectivity index (χ2v) is 6.77. The first kappa shape index (κ1) is 20.8. The maximum Gasteiger partial charge on any atom is 0.330 e. The predicted octanol–water partition coefficient (Wildman–Crippen LogP) is 3.61. The van der Waals surface area contributed by atoms with Crippen LogP contribution in [0.3, 0.4) is 0 Å². The average molecular weight is 398 g/mol. The number of hydrogen-bond donors (Lipinski definition) is 1. The van der Waals surface area contributed by atoms with Gasteiger partial charge < -0.3 is 10.1 Å². The van der Waals surface area contributed by atoms with Crippen LogP contribution < -0.4 is 5.32 Å². The molecule has 0 unspecified atom stereocenters. The van der Waals surface area contributed by atoms with Gasteiger partial charge in [0.1, 0.15) is 12.1 Å². The Morgan fingerprint density at radius 1 is 0.833 bits per heavy atom. The summed E-state index contributed by atoms with van der Waals surface area (Å²) in [5.74, 6) is -1.51. The van der Waals surface area contributed by atoms with Gasteiger partial charge in [-0.05, 0) is 16.7 Å². The molecule has 3 aromatic rings. The fraction of sp³-hybridized carbons (Fsp3) is 0.160. The molecule has 0 heterocycles. The minimum atomic E-state index is -0.900. The van der Waals surface area contributed by atoms with Gasteiger partial charge in [-0.25, -0.2) is 4.79 Å². The molecule has 150 valence electrons. The highest BCUT2D eigenvalue weighted by Gasteiger charge is 2.28. The number of nitrogens with one attached hydrogen (secondary N) is 1. The molecule has 1 amide bonds. The topological polar surface area (TPSA) is 79.2 Å². The third kappa shape index (κ3) is 5.55. The molecule has 3 aromatic carbocycles. The lowest BCUT2D eigenvalue weighted by Gasteiger charge is -2.22. The van der Waals surface area contributed by atoms with Gasteiger partial charge in [0.05, 0.1) is 5.92 Å². The molecule has 0 bridgehead atoms. The Morgan fingerprint density at radius 3 is 1.83 bits per heavy atom. The minimum Gasteiger partial charge on any atom is -0.449 e. The Balaban J connectivity index is 1.87. The van der Waals surface area contributed by atoms with Gasteiger partial charge >= 0.3 is 5.97 Å². The average Bonchev–Trinajstić information content (AvgIpc) is 2.79. The summed E-state index contributed by atoms with van der Waals surface area (Å²) in [5.41, 5.74) is 2.53. The zero-order chi connectivity index (χ0) is 21.2. The first-order chi connectivity index (χ1) is 14.7. The van der Waals surface area contributed by atoms with Crippen LogP contribution in [0.1, 0.15) is 22.6 Å². The lowest BCUT2D eigenvalue weighted by atomic mass is 9.90. The van der Waals surface area contributed by atoms with E-state index < -0.39 is 17.9 Å². The number of amides is 1. The Labute approximate surface area is 175 Å². The number of esters is 1. The summed E-state index contributed by atoms with van der Waals surface area (Å²) in [6.07, 6.45) is 0.271. The Hall–Kier alpha value is -3.91. The molecule has 0 aliphatic heterocycles. The van der Waals surface area contributed by atoms with Crippen molar-refractivity contribution in [3.05, 3.63) is 108 Å². The third-order valence-corrected chi connectivity index (χ3v) is 4.69. The molecule has 0 saturated carbocycles. The molecule has 5 heteroatoms. The lowest BCUT2D eigenvalue weighted by molar-refractivity contribution is -0.146. The highest BCUT2D eigenvalue weighted by atomic mass is 16.5. The minimum absolute atomic E-state index is 0.271. The van der Waals surface area contributed by atoms with Crippen LogP contribution >= 0.6 is 0 Å². The van der Waals surface area contributed by atoms with Crippen LogP contribution in [0.5, 0.6) is 0 Å². The molecule has 1 N–H and O–H groups in total. The van der Waals surface area contributed by atoms with E-state index in [9.17, 15) is 9.59 Å². The van der Waals surface area contributed by atoms with E-state index in [0.29, 0.717) is 0 Å². The molecule has 0 fully saturated rings. The van der Waals surface area contributed by atoms with Gasteiger partial charge in [-0.1, -0.05) is 91.0 Å². The summed E-state index contributed by atoms with van der Waals surface area (Å²) >= 11 is 0. The van der Waals surface area contributed by atoms with E-state index in [1.54, 1.807) is 6.07 Å². The van der Waals surface area contributed by atoms with E-state index in [1.807, 2.05) is 91.0 Å². The number of nitrogens with zero attached hydrogens (tertiary/aromatic N) is 1. The Kier molecular flexibility index (Phi) is 7.34. The molecule has 0 aliphatic carbocycles. The molecule has 0 aliphatic rings. The quantitative estimate of drug-likeness (QED) is 0.588. The molecular formula is C25H22N2O3. The van der Waals surface area contributed by atoms with Crippen molar-refractivity contribution in [3.8, 4) is 6.07 Å². The van der Waals surface area contributed by atoms with Gasteiger partial charge in [-0.3, -0.25) is 4.79 Å². The molecule has 0 saturated heterocycles. The number of carbonyl (C=O) groups is 2. The number of nitriles is 1. The highest BCUT2D eigenvalue weighted by molar-refractivity contribution is 5.91. The standard InChI is InChI=1S/C25H22N2O3/c26-16-17-30-25(29)22(18-19-10-4-1-5-11-19)27-24(28)23(20-12-6-2-7-13-20)21-14-8-3-9-15-21/h1-15,22-23H,17-18H2,(H,27,28)/t22-/m0/s1. The number of ether oxygens (including phenoxy) is 1. The summed E-state index contributed by atoms with van der Waals surface area (Å²) in [5, 5.41) is 11.6. The number of hydrogen-bond acceptors (Lipinski definition) is 4. The molecular weight excluding hydrogens is 376 g/mol. The molecule has 30 heavy (non-hydrogen) atoms. The fourth-order valence-corrected chi connectivity index (χ4v) is 3.29. The van der Waals surface area contributed by atoms with Crippen molar-refractivity contribution in [2.45, 2.75) is 18.4 Å². The van der Waals surface area contributed by atoms with Crippen molar-refractivity contribution >= 4 is 11.9 Å². The van der Waals surface area contributed by atoms with Crippen LogP contribution in [-0.4, -0.2) is 24.5 Å². The monoisotopic (exact) mass is 398 g/mol. The fourth-order valence-electron chi connectivity index (χ4n) is 3.29. The summed E-state index contributed by atoms with van der Waals surface area (Å²) in [4.78, 5) is 25.9. The van der Waals surface area contributed by atoms with Crippen LogP contribution in [-0.2, 0) is 20.7 Å². The lowest BCUT2D eigenvalue weighted by Crippen LogP contribution is -2.45. The maximum absolute atomic E-state index is 13.3. The normalized spacial score (nSPS) is 11.3.